The molecule has 1 heterocycles. The summed E-state index contributed by atoms with van der Waals surface area (Å²) in [6, 6.07) is 0. The number of rotatable bonds is 6. The van der Waals surface area contributed by atoms with Crippen LogP contribution in [0.2, 0.25) is 0 Å². The van der Waals surface area contributed by atoms with Crippen molar-refractivity contribution in [2.24, 2.45) is 0 Å². The van der Waals surface area contributed by atoms with Crippen molar-refractivity contribution in [3.63, 3.8) is 0 Å². The summed E-state index contributed by atoms with van der Waals surface area (Å²) >= 11 is 7.97. The van der Waals surface area contributed by atoms with Crippen LogP contribution in [0.4, 0.5) is 0 Å². The molecule has 2 nitrogen and oxygen atoms in total. The molecule has 0 spiro atoms. The number of ether oxygens (including phenoxy) is 1. The number of aromatic nitrogens is 1. The largest absolute Gasteiger partial charge is 0.378 e. The lowest BCUT2D eigenvalue weighted by Gasteiger charge is -2.00. The maximum Gasteiger partial charge on any atom is 0.103 e. The first kappa shape index (κ1) is 13.4. The molecule has 15 heavy (non-hydrogen) atoms. The molecule has 0 unspecified atom stereocenters. The Labute approximate surface area is 105 Å². The van der Waals surface area contributed by atoms with Gasteiger partial charge in [0.25, 0.3) is 0 Å². The number of thiol groups is 1. The first-order chi connectivity index (χ1) is 7.17. The van der Waals surface area contributed by atoms with Crippen molar-refractivity contribution in [2.75, 3.05) is 7.11 Å². The van der Waals surface area contributed by atoms with E-state index in [9.17, 15) is 0 Å². The molecule has 1 aromatic rings. The number of nitrogens with zero attached hydrogens (tertiary/aromatic N) is 1. The first-order valence-electron chi connectivity index (χ1n) is 4.86. The van der Waals surface area contributed by atoms with Gasteiger partial charge in [0.1, 0.15) is 5.01 Å². The number of hydrogen-bond donors (Lipinski definition) is 1. The zero-order valence-electron chi connectivity index (χ0n) is 9.32. The van der Waals surface area contributed by atoms with Crippen LogP contribution < -0.4 is 0 Å². The SMILES string of the molecule is COCc1nc(CSC(C)C)sc1CS. The van der Waals surface area contributed by atoms with E-state index in [1.807, 2.05) is 11.8 Å². The summed E-state index contributed by atoms with van der Waals surface area (Å²) < 4.78 is 5.11. The van der Waals surface area contributed by atoms with Crippen LogP contribution >= 0.6 is 35.7 Å². The Morgan fingerprint density at radius 1 is 1.53 bits per heavy atom. The van der Waals surface area contributed by atoms with E-state index >= 15 is 0 Å². The van der Waals surface area contributed by atoms with Crippen LogP contribution in [0.1, 0.15) is 29.4 Å². The van der Waals surface area contributed by atoms with Gasteiger partial charge in [0.2, 0.25) is 0 Å². The molecule has 0 atom stereocenters. The van der Waals surface area contributed by atoms with Crippen LogP contribution in [-0.4, -0.2) is 17.3 Å². The molecule has 0 aliphatic rings. The van der Waals surface area contributed by atoms with Crippen LogP contribution in [0.3, 0.4) is 0 Å². The molecule has 0 saturated heterocycles. The highest BCUT2D eigenvalue weighted by Crippen LogP contribution is 2.25. The highest BCUT2D eigenvalue weighted by molar-refractivity contribution is 7.99. The van der Waals surface area contributed by atoms with E-state index < -0.39 is 0 Å². The summed E-state index contributed by atoms with van der Waals surface area (Å²) in [6.07, 6.45) is 0. The van der Waals surface area contributed by atoms with E-state index in [0.717, 1.165) is 17.2 Å². The van der Waals surface area contributed by atoms with Crippen LogP contribution in [0.5, 0.6) is 0 Å². The predicted octanol–water partition coefficient (Wildman–Crippen LogP) is 3.36. The Hall–Kier alpha value is 0.290. The summed E-state index contributed by atoms with van der Waals surface area (Å²) in [5.74, 6) is 1.75. The molecule has 1 rings (SSSR count). The van der Waals surface area contributed by atoms with Crippen molar-refractivity contribution >= 4 is 35.7 Å². The molecular weight excluding hydrogens is 246 g/mol. The Morgan fingerprint density at radius 2 is 2.27 bits per heavy atom. The van der Waals surface area contributed by atoms with Gasteiger partial charge in [-0.15, -0.1) is 11.3 Å². The van der Waals surface area contributed by atoms with E-state index in [1.165, 1.54) is 9.88 Å². The summed E-state index contributed by atoms with van der Waals surface area (Å²) in [6.45, 7) is 5.00. The first-order valence-corrected chi connectivity index (χ1v) is 7.36. The highest BCUT2D eigenvalue weighted by atomic mass is 32.2. The van der Waals surface area contributed by atoms with Crippen LogP contribution in [0.25, 0.3) is 0 Å². The summed E-state index contributed by atoms with van der Waals surface area (Å²) in [5, 5.41) is 1.84. The van der Waals surface area contributed by atoms with Crippen molar-refractivity contribution in [1.29, 1.82) is 0 Å². The summed E-state index contributed by atoms with van der Waals surface area (Å²) in [4.78, 5) is 5.80. The van der Waals surface area contributed by atoms with Gasteiger partial charge < -0.3 is 4.74 Å². The summed E-state index contributed by atoms with van der Waals surface area (Å²) in [7, 11) is 1.70. The maximum absolute atomic E-state index is 5.11. The molecule has 0 fully saturated rings. The second-order valence-electron chi connectivity index (χ2n) is 3.43. The molecule has 0 N–H and O–H groups in total. The third kappa shape index (κ3) is 4.34. The Bertz CT molecular complexity index is 299. The Kier molecular flexibility index (Phi) is 6.04. The third-order valence-corrected chi connectivity index (χ3v) is 4.70. The average Bonchev–Trinajstić information content (AvgIpc) is 2.58. The minimum absolute atomic E-state index is 0.596. The lowest BCUT2D eigenvalue weighted by atomic mass is 10.4. The quantitative estimate of drug-likeness (QED) is 0.796. The highest BCUT2D eigenvalue weighted by Gasteiger charge is 2.10. The molecule has 1 aromatic heterocycles. The minimum Gasteiger partial charge on any atom is -0.378 e. The van der Waals surface area contributed by atoms with Gasteiger partial charge in [-0.05, 0) is 5.25 Å². The summed E-state index contributed by atoms with van der Waals surface area (Å²) in [5.41, 5.74) is 1.05. The van der Waals surface area contributed by atoms with Gasteiger partial charge in [-0.2, -0.15) is 24.4 Å². The number of thioether (sulfide) groups is 1. The molecule has 0 aliphatic carbocycles. The van der Waals surface area contributed by atoms with Crippen LogP contribution in [-0.2, 0) is 22.8 Å². The van der Waals surface area contributed by atoms with Crippen molar-refractivity contribution in [2.45, 2.75) is 37.2 Å². The van der Waals surface area contributed by atoms with Gasteiger partial charge in [0.05, 0.1) is 12.3 Å². The van der Waals surface area contributed by atoms with Crippen molar-refractivity contribution < 1.29 is 4.74 Å². The zero-order valence-corrected chi connectivity index (χ0v) is 11.8. The molecule has 0 saturated carbocycles. The van der Waals surface area contributed by atoms with Gasteiger partial charge in [0.15, 0.2) is 0 Å². The topological polar surface area (TPSA) is 22.1 Å². The number of thiazole rings is 1. The van der Waals surface area contributed by atoms with E-state index in [-0.39, 0.29) is 0 Å². The van der Waals surface area contributed by atoms with E-state index in [0.29, 0.717) is 11.9 Å². The van der Waals surface area contributed by atoms with Gasteiger partial charge >= 0.3 is 0 Å². The molecular formula is C10H17NOS3. The molecule has 0 amide bonds. The molecule has 0 aromatic carbocycles. The fraction of sp³-hybridized carbons (Fsp3) is 0.700. The minimum atomic E-state index is 0.596. The van der Waals surface area contributed by atoms with E-state index in [2.05, 4.69) is 31.5 Å². The zero-order chi connectivity index (χ0) is 11.3. The predicted molar refractivity (Wildman–Crippen MR) is 71.9 cm³/mol. The standard InChI is InChI=1S/C10H17NOS3/c1-7(2)14-6-10-11-8(4-12-3)9(5-13)15-10/h7,13H,4-6H2,1-3H3. The smallest absolute Gasteiger partial charge is 0.103 e. The maximum atomic E-state index is 5.11. The average molecular weight is 263 g/mol. The van der Waals surface area contributed by atoms with Crippen molar-refractivity contribution in [3.8, 4) is 0 Å². The Balaban J connectivity index is 2.65. The van der Waals surface area contributed by atoms with Gasteiger partial charge in [-0.1, -0.05) is 13.8 Å². The number of methoxy groups -OCH3 is 1. The van der Waals surface area contributed by atoms with Gasteiger partial charge in [-0.3, -0.25) is 0 Å². The molecule has 0 radical (unpaired) electrons. The molecule has 0 aliphatic heterocycles. The fourth-order valence-electron chi connectivity index (χ4n) is 1.11. The second-order valence-corrected chi connectivity index (χ2v) is 6.48. The van der Waals surface area contributed by atoms with Crippen molar-refractivity contribution in [1.82, 2.24) is 4.98 Å². The monoisotopic (exact) mass is 263 g/mol. The van der Waals surface area contributed by atoms with E-state index in [1.54, 1.807) is 18.4 Å². The van der Waals surface area contributed by atoms with Crippen LogP contribution in [0.15, 0.2) is 0 Å². The fourth-order valence-corrected chi connectivity index (χ4v) is 3.19. The molecule has 86 valence electrons. The van der Waals surface area contributed by atoms with E-state index in [4.69, 9.17) is 4.74 Å². The van der Waals surface area contributed by atoms with Gasteiger partial charge in [0, 0.05) is 23.5 Å². The van der Waals surface area contributed by atoms with Crippen molar-refractivity contribution in [3.05, 3.63) is 15.6 Å². The lowest BCUT2D eigenvalue weighted by Crippen LogP contribution is -1.92. The second kappa shape index (κ2) is 6.78. The molecule has 5 heteroatoms. The van der Waals surface area contributed by atoms with Gasteiger partial charge in [-0.25, -0.2) is 4.98 Å². The molecule has 0 bridgehead atoms. The normalized spacial score (nSPS) is 11.3. The lowest BCUT2D eigenvalue weighted by molar-refractivity contribution is 0.181. The Morgan fingerprint density at radius 3 is 2.80 bits per heavy atom. The van der Waals surface area contributed by atoms with Crippen LogP contribution in [0, 0.1) is 0 Å². The third-order valence-electron chi connectivity index (χ3n) is 1.79. The number of hydrogen-bond acceptors (Lipinski definition) is 5.